The molecule has 1 fully saturated rings. The molecule has 0 aromatic heterocycles. The van der Waals surface area contributed by atoms with Crippen molar-refractivity contribution in [3.05, 3.63) is 57.6 Å². The van der Waals surface area contributed by atoms with E-state index >= 15 is 0 Å². The maximum Gasteiger partial charge on any atom is 0.243 e. The van der Waals surface area contributed by atoms with Crippen molar-refractivity contribution < 1.29 is 16.8 Å². The third-order valence-electron chi connectivity index (χ3n) is 7.93. The van der Waals surface area contributed by atoms with Crippen molar-refractivity contribution >= 4 is 51.9 Å². The molecule has 3 rings (SSSR count). The Kier molecular flexibility index (Phi) is 12.5. The zero-order chi connectivity index (χ0) is 30.5. The number of alkyl halides is 2. The predicted octanol–water partition coefficient (Wildman–Crippen LogP) is 7.21. The van der Waals surface area contributed by atoms with Crippen LogP contribution in [0.5, 0.6) is 0 Å². The van der Waals surface area contributed by atoms with Gasteiger partial charge in [0.15, 0.2) is 0 Å². The second-order valence-electron chi connectivity index (χ2n) is 11.7. The summed E-state index contributed by atoms with van der Waals surface area (Å²) in [6, 6.07) is 7.73. The van der Waals surface area contributed by atoms with E-state index in [0.717, 1.165) is 76.1 Å². The van der Waals surface area contributed by atoms with Crippen LogP contribution in [-0.2, 0) is 20.0 Å². The molecule has 41 heavy (non-hydrogen) atoms. The molecule has 1 aliphatic carbocycles. The van der Waals surface area contributed by atoms with Crippen molar-refractivity contribution in [2.24, 2.45) is 11.8 Å². The third-order valence-corrected chi connectivity index (χ3v) is 13.4. The van der Waals surface area contributed by atoms with Crippen molar-refractivity contribution in [3.8, 4) is 0 Å². The van der Waals surface area contributed by atoms with Gasteiger partial charge in [0, 0.05) is 36.8 Å². The Morgan fingerprint density at radius 2 is 0.927 bits per heavy atom. The van der Waals surface area contributed by atoms with E-state index in [1.807, 2.05) is 65.8 Å². The quantitative estimate of drug-likeness (QED) is 0.135. The SMILES string of the molecule is Cc1cc(C)c(S(=O)(=O)N(CCCCBr)C[C@@H]2C[C@H]2CN(CCCCBr)S(=O)(=O)c2c(C)cc(C)cc2C)c(C)c1. The van der Waals surface area contributed by atoms with Crippen molar-refractivity contribution in [1.82, 2.24) is 8.61 Å². The smallest absolute Gasteiger partial charge is 0.207 e. The molecule has 6 nitrogen and oxygen atoms in total. The van der Waals surface area contributed by atoms with E-state index in [2.05, 4.69) is 31.9 Å². The zero-order valence-corrected chi connectivity index (χ0v) is 30.1. The summed E-state index contributed by atoms with van der Waals surface area (Å²) >= 11 is 6.94. The van der Waals surface area contributed by atoms with Crippen LogP contribution in [0, 0.1) is 53.4 Å². The number of benzene rings is 2. The summed E-state index contributed by atoms with van der Waals surface area (Å²) in [4.78, 5) is 0.812. The normalized spacial score (nSPS) is 17.5. The Morgan fingerprint density at radius 3 is 1.22 bits per heavy atom. The fourth-order valence-electron chi connectivity index (χ4n) is 6.07. The highest BCUT2D eigenvalue weighted by Gasteiger charge is 2.44. The van der Waals surface area contributed by atoms with Gasteiger partial charge in [0.1, 0.15) is 0 Å². The van der Waals surface area contributed by atoms with E-state index in [1.165, 1.54) is 0 Å². The highest BCUT2D eigenvalue weighted by Crippen LogP contribution is 2.42. The molecule has 0 saturated heterocycles. The average molecular weight is 735 g/mol. The van der Waals surface area contributed by atoms with Crippen molar-refractivity contribution in [3.63, 3.8) is 0 Å². The van der Waals surface area contributed by atoms with Crippen LogP contribution in [0.3, 0.4) is 0 Å². The van der Waals surface area contributed by atoms with Gasteiger partial charge < -0.3 is 0 Å². The van der Waals surface area contributed by atoms with Gasteiger partial charge in [-0.1, -0.05) is 67.3 Å². The largest absolute Gasteiger partial charge is 0.243 e. The third kappa shape index (κ3) is 8.66. The molecule has 0 unspecified atom stereocenters. The van der Waals surface area contributed by atoms with Crippen LogP contribution < -0.4 is 0 Å². The summed E-state index contributed by atoms with van der Waals surface area (Å²) in [6.07, 6.45) is 4.14. The summed E-state index contributed by atoms with van der Waals surface area (Å²) in [7, 11) is -7.38. The molecule has 0 spiro atoms. The Labute approximate surface area is 265 Å². The molecule has 0 aliphatic heterocycles. The molecule has 2 atom stereocenters. The summed E-state index contributed by atoms with van der Waals surface area (Å²) < 4.78 is 59.3. The van der Waals surface area contributed by atoms with Gasteiger partial charge in [-0.2, -0.15) is 8.61 Å². The Morgan fingerprint density at radius 1 is 0.610 bits per heavy atom. The first-order valence-electron chi connectivity index (χ1n) is 14.5. The first kappa shape index (κ1) is 34.7. The standard InChI is InChI=1S/C31H46Br2N2O4S2/c1-22-15-24(3)30(25(4)16-22)40(36,37)34(13-9-7-11-32)20-28-19-29(28)21-35(14-10-8-12-33)41(38,39)31-26(5)17-23(2)18-27(31)6/h15-18,28-29H,7-14,19-21H2,1-6H3/t28-,29-/m0/s1. The molecule has 2 aromatic carbocycles. The van der Waals surface area contributed by atoms with Crippen molar-refractivity contribution in [1.29, 1.82) is 0 Å². The van der Waals surface area contributed by atoms with Gasteiger partial charge in [-0.15, -0.1) is 0 Å². The van der Waals surface area contributed by atoms with E-state index in [1.54, 1.807) is 8.61 Å². The number of hydrogen-bond acceptors (Lipinski definition) is 4. The minimum atomic E-state index is -3.69. The number of unbranched alkanes of at least 4 members (excludes halogenated alkanes) is 2. The maximum atomic E-state index is 14.0. The molecule has 0 amide bonds. The number of hydrogen-bond donors (Lipinski definition) is 0. The fourth-order valence-corrected chi connectivity index (χ4v) is 10.8. The molecular formula is C31H46Br2N2O4S2. The average Bonchev–Trinajstić information content (AvgIpc) is 3.58. The molecule has 1 saturated carbocycles. The van der Waals surface area contributed by atoms with E-state index in [-0.39, 0.29) is 11.8 Å². The molecule has 2 aromatic rings. The molecule has 1 aliphatic rings. The second kappa shape index (κ2) is 14.8. The molecular weight excluding hydrogens is 688 g/mol. The first-order valence-corrected chi connectivity index (χ1v) is 19.6. The van der Waals surface area contributed by atoms with Crippen molar-refractivity contribution in [2.45, 2.75) is 83.4 Å². The minimum absolute atomic E-state index is 0.133. The molecule has 0 heterocycles. The fraction of sp³-hybridized carbons (Fsp3) is 0.613. The van der Waals surface area contributed by atoms with Crippen molar-refractivity contribution in [2.75, 3.05) is 36.8 Å². The van der Waals surface area contributed by atoms with Crippen LogP contribution in [0.2, 0.25) is 0 Å². The number of rotatable bonds is 16. The number of halogens is 2. The molecule has 0 N–H and O–H groups in total. The van der Waals surface area contributed by atoms with Gasteiger partial charge in [0.05, 0.1) is 9.79 Å². The summed E-state index contributed by atoms with van der Waals surface area (Å²) in [6.45, 7) is 13.2. The lowest BCUT2D eigenvalue weighted by Crippen LogP contribution is -2.37. The minimum Gasteiger partial charge on any atom is -0.207 e. The molecule has 0 radical (unpaired) electrons. The van der Waals surface area contributed by atoms with Gasteiger partial charge in [-0.25, -0.2) is 16.8 Å². The lowest BCUT2D eigenvalue weighted by Gasteiger charge is -2.26. The Hall–Kier alpha value is -0.780. The topological polar surface area (TPSA) is 74.8 Å². The van der Waals surface area contributed by atoms with Crippen LogP contribution in [0.25, 0.3) is 0 Å². The van der Waals surface area contributed by atoms with Crippen LogP contribution in [0.4, 0.5) is 0 Å². The zero-order valence-electron chi connectivity index (χ0n) is 25.3. The van der Waals surface area contributed by atoms with Gasteiger partial charge in [0.2, 0.25) is 20.0 Å². The second-order valence-corrected chi connectivity index (χ2v) is 17.1. The summed E-state index contributed by atoms with van der Waals surface area (Å²) in [5.41, 5.74) is 5.18. The predicted molar refractivity (Wildman–Crippen MR) is 176 cm³/mol. The molecule has 230 valence electrons. The van der Waals surface area contributed by atoms with Crippen LogP contribution >= 0.6 is 31.9 Å². The highest BCUT2D eigenvalue weighted by atomic mass is 79.9. The van der Waals surface area contributed by atoms with Gasteiger partial charge in [0.25, 0.3) is 0 Å². The van der Waals surface area contributed by atoms with Gasteiger partial charge in [-0.05, 0) is 108 Å². The van der Waals surface area contributed by atoms with E-state index in [0.29, 0.717) is 36.0 Å². The summed E-state index contributed by atoms with van der Waals surface area (Å²) in [5.74, 6) is 0.266. The van der Waals surface area contributed by atoms with Crippen LogP contribution in [-0.4, -0.2) is 62.3 Å². The maximum absolute atomic E-state index is 14.0. The lowest BCUT2D eigenvalue weighted by atomic mass is 10.1. The monoisotopic (exact) mass is 732 g/mol. The van der Waals surface area contributed by atoms with Gasteiger partial charge in [-0.3, -0.25) is 0 Å². The van der Waals surface area contributed by atoms with Gasteiger partial charge >= 0.3 is 0 Å². The molecule has 10 heteroatoms. The highest BCUT2D eigenvalue weighted by molar-refractivity contribution is 9.09. The van der Waals surface area contributed by atoms with E-state index in [4.69, 9.17) is 0 Å². The number of sulfonamides is 2. The lowest BCUT2D eigenvalue weighted by molar-refractivity contribution is 0.352. The van der Waals surface area contributed by atoms with E-state index < -0.39 is 20.0 Å². The number of aryl methyl sites for hydroxylation is 6. The molecule has 0 bridgehead atoms. The number of nitrogens with zero attached hydrogens (tertiary/aromatic N) is 2. The van der Waals surface area contributed by atoms with Crippen LogP contribution in [0.15, 0.2) is 34.1 Å². The first-order chi connectivity index (χ1) is 19.2. The summed E-state index contributed by atoms with van der Waals surface area (Å²) in [5, 5.41) is 1.66. The Balaban J connectivity index is 1.85. The van der Waals surface area contributed by atoms with Crippen LogP contribution in [0.1, 0.15) is 65.5 Å². The van der Waals surface area contributed by atoms with E-state index in [9.17, 15) is 16.8 Å². The Bertz CT molecular complexity index is 1270.